The van der Waals surface area contributed by atoms with Gasteiger partial charge in [-0.05, 0) is 37.3 Å². The van der Waals surface area contributed by atoms with E-state index in [1.807, 2.05) is 13.0 Å². The van der Waals surface area contributed by atoms with E-state index in [0.29, 0.717) is 5.75 Å². The summed E-state index contributed by atoms with van der Waals surface area (Å²) in [5, 5.41) is 0. The number of aryl methyl sites for hydroxylation is 1. The Hall–Kier alpha value is -1.09. The Balaban J connectivity index is 2.52. The smallest absolute Gasteiger partial charge is 0.165 e. The molecule has 0 atom stereocenters. The van der Waals surface area contributed by atoms with Gasteiger partial charge in [0.1, 0.15) is 0 Å². The molecule has 3 heteroatoms. The van der Waals surface area contributed by atoms with Crippen LogP contribution in [0, 0.1) is 5.82 Å². The number of halogens is 1. The second kappa shape index (κ2) is 4.06. The Kier molecular flexibility index (Phi) is 2.89. The van der Waals surface area contributed by atoms with Crippen LogP contribution in [0.1, 0.15) is 37.3 Å². The van der Waals surface area contributed by atoms with E-state index in [2.05, 4.69) is 0 Å². The first-order valence-electron chi connectivity index (χ1n) is 5.76. The summed E-state index contributed by atoms with van der Waals surface area (Å²) < 4.78 is 19.0. The van der Waals surface area contributed by atoms with Gasteiger partial charge in [0.2, 0.25) is 0 Å². The van der Waals surface area contributed by atoms with Gasteiger partial charge in [-0.2, -0.15) is 0 Å². The van der Waals surface area contributed by atoms with Gasteiger partial charge in [-0.25, -0.2) is 4.39 Å². The quantitative estimate of drug-likeness (QED) is 0.855. The third-order valence-electron chi connectivity index (χ3n) is 3.50. The molecular formula is C13H18FNO. The summed E-state index contributed by atoms with van der Waals surface area (Å²) in [6.07, 6.45) is 3.74. The highest BCUT2D eigenvalue weighted by molar-refractivity contribution is 5.44. The largest absolute Gasteiger partial charge is 0.493 e. The summed E-state index contributed by atoms with van der Waals surface area (Å²) in [6, 6.07) is 3.52. The fourth-order valence-corrected chi connectivity index (χ4v) is 2.26. The summed E-state index contributed by atoms with van der Waals surface area (Å²) in [5.41, 5.74) is 7.68. The van der Waals surface area contributed by atoms with Crippen molar-refractivity contribution in [2.75, 3.05) is 7.11 Å². The lowest BCUT2D eigenvalue weighted by atomic mass is 9.72. The summed E-state index contributed by atoms with van der Waals surface area (Å²) in [7, 11) is 1.50. The molecule has 0 spiro atoms. The number of rotatable bonds is 3. The van der Waals surface area contributed by atoms with Crippen molar-refractivity contribution in [3.05, 3.63) is 29.1 Å². The minimum atomic E-state index is -0.378. The van der Waals surface area contributed by atoms with Gasteiger partial charge < -0.3 is 10.5 Å². The van der Waals surface area contributed by atoms with Gasteiger partial charge in [-0.1, -0.05) is 13.0 Å². The van der Waals surface area contributed by atoms with E-state index in [-0.39, 0.29) is 11.4 Å². The standard InChI is InChI=1S/C13H18FNO/c1-3-9-7-10(13(15)5-4-6-13)12(16-2)11(14)8-9/h7-8H,3-6,15H2,1-2H3. The highest BCUT2D eigenvalue weighted by atomic mass is 19.1. The fourth-order valence-electron chi connectivity index (χ4n) is 2.26. The topological polar surface area (TPSA) is 35.2 Å². The van der Waals surface area contributed by atoms with E-state index in [9.17, 15) is 4.39 Å². The Labute approximate surface area is 95.6 Å². The van der Waals surface area contributed by atoms with Crippen molar-refractivity contribution in [2.45, 2.75) is 38.1 Å². The molecular weight excluding hydrogens is 205 g/mol. The molecule has 0 unspecified atom stereocenters. The van der Waals surface area contributed by atoms with Gasteiger partial charge >= 0.3 is 0 Å². The maximum atomic E-state index is 13.8. The predicted octanol–water partition coefficient (Wildman–Crippen LogP) is 2.73. The molecule has 16 heavy (non-hydrogen) atoms. The van der Waals surface area contributed by atoms with Crippen molar-refractivity contribution in [1.82, 2.24) is 0 Å². The van der Waals surface area contributed by atoms with Crippen molar-refractivity contribution >= 4 is 0 Å². The molecule has 1 aliphatic carbocycles. The van der Waals surface area contributed by atoms with Gasteiger partial charge in [-0.15, -0.1) is 0 Å². The lowest BCUT2D eigenvalue weighted by Crippen LogP contribution is -2.43. The van der Waals surface area contributed by atoms with Crippen molar-refractivity contribution in [3.8, 4) is 5.75 Å². The zero-order valence-corrected chi connectivity index (χ0v) is 9.85. The number of hydrogen-bond acceptors (Lipinski definition) is 2. The monoisotopic (exact) mass is 223 g/mol. The van der Waals surface area contributed by atoms with E-state index in [1.165, 1.54) is 13.2 Å². The first kappa shape index (κ1) is 11.4. The molecule has 1 aromatic rings. The minimum absolute atomic E-state index is 0.298. The molecule has 0 radical (unpaired) electrons. The average molecular weight is 223 g/mol. The van der Waals surface area contributed by atoms with Crippen LogP contribution in [0.2, 0.25) is 0 Å². The number of nitrogens with two attached hydrogens (primary N) is 1. The highest BCUT2D eigenvalue weighted by Gasteiger charge is 2.37. The van der Waals surface area contributed by atoms with Crippen LogP contribution in [0.25, 0.3) is 0 Å². The van der Waals surface area contributed by atoms with E-state index in [0.717, 1.165) is 36.8 Å². The van der Waals surface area contributed by atoms with Gasteiger partial charge in [0.05, 0.1) is 7.11 Å². The number of ether oxygens (including phenoxy) is 1. The zero-order valence-electron chi connectivity index (χ0n) is 9.85. The molecule has 2 rings (SSSR count). The Morgan fingerprint density at radius 3 is 2.56 bits per heavy atom. The number of benzene rings is 1. The molecule has 88 valence electrons. The van der Waals surface area contributed by atoms with Crippen LogP contribution >= 0.6 is 0 Å². The Morgan fingerprint density at radius 1 is 1.44 bits per heavy atom. The summed E-state index contributed by atoms with van der Waals surface area (Å²) >= 11 is 0. The van der Waals surface area contributed by atoms with Gasteiger partial charge in [-0.3, -0.25) is 0 Å². The SMILES string of the molecule is CCc1cc(F)c(OC)c(C2(N)CCC2)c1. The molecule has 1 aromatic carbocycles. The summed E-state index contributed by atoms with van der Waals surface area (Å²) in [6.45, 7) is 2.01. The van der Waals surface area contributed by atoms with Crippen LogP contribution in [-0.4, -0.2) is 7.11 Å². The van der Waals surface area contributed by atoms with E-state index < -0.39 is 0 Å². The van der Waals surface area contributed by atoms with Gasteiger partial charge in [0.25, 0.3) is 0 Å². The van der Waals surface area contributed by atoms with E-state index >= 15 is 0 Å². The van der Waals surface area contributed by atoms with Crippen LogP contribution in [0.15, 0.2) is 12.1 Å². The summed E-state index contributed by atoms with van der Waals surface area (Å²) in [4.78, 5) is 0. The van der Waals surface area contributed by atoms with Crippen molar-refractivity contribution in [2.24, 2.45) is 5.73 Å². The zero-order chi connectivity index (χ0) is 11.8. The Bertz CT molecular complexity index is 399. The fraction of sp³-hybridized carbons (Fsp3) is 0.538. The molecule has 1 fully saturated rings. The molecule has 0 saturated heterocycles. The van der Waals surface area contributed by atoms with E-state index in [4.69, 9.17) is 10.5 Å². The second-order valence-corrected chi connectivity index (χ2v) is 4.52. The minimum Gasteiger partial charge on any atom is -0.493 e. The normalized spacial score (nSPS) is 18.0. The lowest BCUT2D eigenvalue weighted by molar-refractivity contribution is 0.240. The van der Waals surface area contributed by atoms with E-state index in [1.54, 1.807) is 0 Å². The van der Waals surface area contributed by atoms with Crippen molar-refractivity contribution < 1.29 is 9.13 Å². The highest BCUT2D eigenvalue weighted by Crippen LogP contribution is 2.44. The maximum Gasteiger partial charge on any atom is 0.165 e. The molecule has 0 bridgehead atoms. The predicted molar refractivity (Wildman–Crippen MR) is 62.0 cm³/mol. The third kappa shape index (κ3) is 1.69. The number of hydrogen-bond donors (Lipinski definition) is 1. The van der Waals surface area contributed by atoms with Crippen LogP contribution in [-0.2, 0) is 12.0 Å². The molecule has 0 aliphatic heterocycles. The molecule has 0 aromatic heterocycles. The second-order valence-electron chi connectivity index (χ2n) is 4.52. The van der Waals surface area contributed by atoms with Gasteiger partial charge in [0, 0.05) is 11.1 Å². The maximum absolute atomic E-state index is 13.8. The van der Waals surface area contributed by atoms with Gasteiger partial charge in [0.15, 0.2) is 11.6 Å². The van der Waals surface area contributed by atoms with Crippen LogP contribution in [0.5, 0.6) is 5.75 Å². The summed E-state index contributed by atoms with van der Waals surface area (Å²) in [5.74, 6) is 0.0213. The van der Waals surface area contributed by atoms with Crippen molar-refractivity contribution in [3.63, 3.8) is 0 Å². The molecule has 1 aliphatic rings. The van der Waals surface area contributed by atoms with Crippen LogP contribution < -0.4 is 10.5 Å². The first-order valence-corrected chi connectivity index (χ1v) is 5.76. The Morgan fingerprint density at radius 2 is 2.12 bits per heavy atom. The number of methoxy groups -OCH3 is 1. The first-order chi connectivity index (χ1) is 7.60. The average Bonchev–Trinajstić information content (AvgIpc) is 2.24. The lowest BCUT2D eigenvalue weighted by Gasteiger charge is -2.39. The molecule has 1 saturated carbocycles. The molecule has 0 heterocycles. The van der Waals surface area contributed by atoms with Crippen LogP contribution in [0.4, 0.5) is 4.39 Å². The van der Waals surface area contributed by atoms with Crippen LogP contribution in [0.3, 0.4) is 0 Å². The molecule has 2 nitrogen and oxygen atoms in total. The molecule has 0 amide bonds. The van der Waals surface area contributed by atoms with Crippen molar-refractivity contribution in [1.29, 1.82) is 0 Å². The molecule has 2 N–H and O–H groups in total. The third-order valence-corrected chi connectivity index (χ3v) is 3.50.